The summed E-state index contributed by atoms with van der Waals surface area (Å²) < 4.78 is 5.62. The highest BCUT2D eigenvalue weighted by atomic mass is 16.5. The molecule has 1 saturated heterocycles. The lowest BCUT2D eigenvalue weighted by atomic mass is 9.73. The number of benzene rings is 2. The van der Waals surface area contributed by atoms with Crippen molar-refractivity contribution in [3.8, 4) is 0 Å². The SMILES string of the molecule is CCCNCCN1CCN(Cc2ccc3c(c2)C(C)(C)c2ccc(COCC)cc2N3)CC1. The second-order valence-electron chi connectivity index (χ2n) is 10.0. The van der Waals surface area contributed by atoms with Crippen LogP contribution < -0.4 is 10.6 Å². The van der Waals surface area contributed by atoms with E-state index in [0.717, 1.165) is 45.9 Å². The number of nitrogens with zero attached hydrogens (tertiary/aromatic N) is 2. The quantitative estimate of drug-likeness (QED) is 0.513. The molecule has 2 N–H and O–H groups in total. The predicted molar refractivity (Wildman–Crippen MR) is 139 cm³/mol. The Balaban J connectivity index is 1.39. The molecule has 0 amide bonds. The van der Waals surface area contributed by atoms with E-state index in [1.165, 1.54) is 53.1 Å². The number of anilines is 2. The third-order valence-corrected chi connectivity index (χ3v) is 7.16. The van der Waals surface area contributed by atoms with Crippen LogP contribution in [-0.4, -0.2) is 62.2 Å². The molecule has 2 aliphatic rings. The fraction of sp³-hybridized carbons (Fsp3) is 0.571. The van der Waals surface area contributed by atoms with Gasteiger partial charge in [0.2, 0.25) is 0 Å². The topological polar surface area (TPSA) is 39.8 Å². The molecule has 2 aromatic carbocycles. The summed E-state index contributed by atoms with van der Waals surface area (Å²) in [6.45, 7) is 19.4. The Hall–Kier alpha value is -1.92. The third-order valence-electron chi connectivity index (χ3n) is 7.16. The normalized spacial score (nSPS) is 17.9. The van der Waals surface area contributed by atoms with Crippen LogP contribution in [0.15, 0.2) is 36.4 Å². The van der Waals surface area contributed by atoms with Crippen molar-refractivity contribution in [3.05, 3.63) is 58.7 Å². The van der Waals surface area contributed by atoms with Gasteiger partial charge in [0.25, 0.3) is 0 Å². The van der Waals surface area contributed by atoms with E-state index >= 15 is 0 Å². The Morgan fingerprint density at radius 3 is 2.39 bits per heavy atom. The molecule has 0 unspecified atom stereocenters. The van der Waals surface area contributed by atoms with Gasteiger partial charge in [0.15, 0.2) is 0 Å². The van der Waals surface area contributed by atoms with Gasteiger partial charge >= 0.3 is 0 Å². The number of hydrogen-bond donors (Lipinski definition) is 2. The van der Waals surface area contributed by atoms with Gasteiger partial charge in [0.1, 0.15) is 0 Å². The maximum absolute atomic E-state index is 5.62. The lowest BCUT2D eigenvalue weighted by Gasteiger charge is -2.37. The molecule has 2 aromatic rings. The van der Waals surface area contributed by atoms with E-state index in [1.807, 2.05) is 6.92 Å². The van der Waals surface area contributed by atoms with Gasteiger partial charge in [-0.25, -0.2) is 0 Å². The molecule has 0 atom stereocenters. The zero-order valence-corrected chi connectivity index (χ0v) is 21.0. The minimum absolute atomic E-state index is 0.0275. The number of hydrogen-bond acceptors (Lipinski definition) is 5. The molecular weight excluding hydrogens is 408 g/mol. The first-order valence-electron chi connectivity index (χ1n) is 12.8. The van der Waals surface area contributed by atoms with E-state index in [0.29, 0.717) is 6.61 Å². The van der Waals surface area contributed by atoms with Crippen molar-refractivity contribution in [2.45, 2.75) is 52.7 Å². The van der Waals surface area contributed by atoms with E-state index < -0.39 is 0 Å². The van der Waals surface area contributed by atoms with Gasteiger partial charge in [0.05, 0.1) is 6.61 Å². The van der Waals surface area contributed by atoms with E-state index in [9.17, 15) is 0 Å². The lowest BCUT2D eigenvalue weighted by Crippen LogP contribution is -2.47. The van der Waals surface area contributed by atoms with Crippen LogP contribution in [0.4, 0.5) is 11.4 Å². The Bertz CT molecular complexity index is 918. The summed E-state index contributed by atoms with van der Waals surface area (Å²) in [4.78, 5) is 5.20. The van der Waals surface area contributed by atoms with Gasteiger partial charge in [-0.3, -0.25) is 9.80 Å². The second-order valence-corrected chi connectivity index (χ2v) is 10.0. The number of nitrogens with one attached hydrogen (secondary N) is 2. The Morgan fingerprint density at radius 1 is 0.879 bits per heavy atom. The summed E-state index contributed by atoms with van der Waals surface area (Å²) >= 11 is 0. The predicted octanol–water partition coefficient (Wildman–Crippen LogP) is 4.72. The molecule has 2 aliphatic heterocycles. The molecule has 0 saturated carbocycles. The lowest BCUT2D eigenvalue weighted by molar-refractivity contribution is 0.128. The highest BCUT2D eigenvalue weighted by Gasteiger charge is 2.33. The molecule has 5 heteroatoms. The largest absolute Gasteiger partial charge is 0.377 e. The summed E-state index contributed by atoms with van der Waals surface area (Å²) in [5.74, 6) is 0. The number of ether oxygens (including phenoxy) is 1. The van der Waals surface area contributed by atoms with E-state index in [4.69, 9.17) is 4.74 Å². The van der Waals surface area contributed by atoms with Crippen LogP contribution in [-0.2, 0) is 23.3 Å². The first kappa shape index (κ1) is 24.2. The molecule has 2 heterocycles. The summed E-state index contributed by atoms with van der Waals surface area (Å²) in [6.07, 6.45) is 1.21. The molecule has 0 spiro atoms. The van der Waals surface area contributed by atoms with Crippen molar-refractivity contribution in [2.24, 2.45) is 0 Å². The second kappa shape index (κ2) is 11.0. The van der Waals surface area contributed by atoms with Crippen LogP contribution in [0.1, 0.15) is 56.4 Å². The third kappa shape index (κ3) is 5.78. The van der Waals surface area contributed by atoms with Crippen LogP contribution in [0, 0.1) is 0 Å². The van der Waals surface area contributed by atoms with E-state index in [2.05, 4.69) is 77.6 Å². The van der Waals surface area contributed by atoms with Crippen LogP contribution in [0.5, 0.6) is 0 Å². The fourth-order valence-electron chi connectivity index (χ4n) is 5.12. The summed E-state index contributed by atoms with van der Waals surface area (Å²) in [5.41, 5.74) is 7.80. The number of rotatable bonds is 10. The fourth-order valence-corrected chi connectivity index (χ4v) is 5.12. The highest BCUT2D eigenvalue weighted by molar-refractivity contribution is 5.76. The van der Waals surface area contributed by atoms with Gasteiger partial charge in [-0.1, -0.05) is 45.0 Å². The van der Waals surface area contributed by atoms with E-state index in [-0.39, 0.29) is 5.41 Å². The molecule has 1 fully saturated rings. The average molecular weight is 451 g/mol. The van der Waals surface area contributed by atoms with Crippen molar-refractivity contribution >= 4 is 11.4 Å². The Labute approximate surface area is 200 Å². The van der Waals surface area contributed by atoms with Gasteiger partial charge in [-0.2, -0.15) is 0 Å². The average Bonchev–Trinajstić information content (AvgIpc) is 2.82. The van der Waals surface area contributed by atoms with Gasteiger partial charge in [-0.05, 0) is 54.3 Å². The van der Waals surface area contributed by atoms with E-state index in [1.54, 1.807) is 0 Å². The number of fused-ring (bicyclic) bond motifs is 2. The van der Waals surface area contributed by atoms with Crippen molar-refractivity contribution in [2.75, 3.05) is 57.7 Å². The maximum atomic E-state index is 5.62. The molecular formula is C28H42N4O. The van der Waals surface area contributed by atoms with Gasteiger partial charge in [-0.15, -0.1) is 0 Å². The molecule has 33 heavy (non-hydrogen) atoms. The van der Waals surface area contributed by atoms with Crippen molar-refractivity contribution in [1.82, 2.24) is 15.1 Å². The van der Waals surface area contributed by atoms with Gasteiger partial charge in [0, 0.05) is 69.2 Å². The first-order chi connectivity index (χ1) is 16.0. The molecule has 0 aliphatic carbocycles. The summed E-state index contributed by atoms with van der Waals surface area (Å²) in [7, 11) is 0. The Morgan fingerprint density at radius 2 is 1.64 bits per heavy atom. The van der Waals surface area contributed by atoms with Gasteiger partial charge < -0.3 is 15.4 Å². The van der Waals surface area contributed by atoms with Crippen LogP contribution in [0.25, 0.3) is 0 Å². The zero-order valence-electron chi connectivity index (χ0n) is 21.0. The smallest absolute Gasteiger partial charge is 0.0717 e. The molecule has 180 valence electrons. The molecule has 4 rings (SSSR count). The van der Waals surface area contributed by atoms with Crippen molar-refractivity contribution in [3.63, 3.8) is 0 Å². The maximum Gasteiger partial charge on any atom is 0.0717 e. The van der Waals surface area contributed by atoms with Crippen LogP contribution >= 0.6 is 0 Å². The first-order valence-corrected chi connectivity index (χ1v) is 12.8. The molecule has 0 bridgehead atoms. The monoisotopic (exact) mass is 450 g/mol. The van der Waals surface area contributed by atoms with Crippen molar-refractivity contribution < 1.29 is 4.74 Å². The van der Waals surface area contributed by atoms with Crippen molar-refractivity contribution in [1.29, 1.82) is 0 Å². The highest BCUT2D eigenvalue weighted by Crippen LogP contribution is 2.45. The van der Waals surface area contributed by atoms with Crippen LogP contribution in [0.2, 0.25) is 0 Å². The number of piperazine rings is 1. The zero-order chi connectivity index (χ0) is 23.3. The Kier molecular flexibility index (Phi) is 8.07. The van der Waals surface area contributed by atoms with Crippen LogP contribution in [0.3, 0.4) is 0 Å². The molecule has 0 aromatic heterocycles. The molecule has 5 nitrogen and oxygen atoms in total. The standard InChI is InChI=1S/C28H42N4O/c1-5-11-29-12-13-31-14-16-32(17-15-31)20-22-8-10-26-25(18-22)28(3,4)24-9-7-23(21-33-6-2)19-27(24)30-26/h7-10,18-19,29-30H,5-6,11-17,20-21H2,1-4H3. The minimum Gasteiger partial charge on any atom is -0.377 e. The summed E-state index contributed by atoms with van der Waals surface area (Å²) in [5, 5.41) is 7.22. The minimum atomic E-state index is -0.0275. The summed E-state index contributed by atoms with van der Waals surface area (Å²) in [6, 6.07) is 13.8. The molecule has 0 radical (unpaired) electrons.